The smallest absolute Gasteiger partial charge is 0.159 e. The summed E-state index contributed by atoms with van der Waals surface area (Å²) in [5.74, 6) is 1.06. The highest BCUT2D eigenvalue weighted by Gasteiger charge is 2.31. The van der Waals surface area contributed by atoms with Gasteiger partial charge in [0.2, 0.25) is 0 Å². The van der Waals surface area contributed by atoms with E-state index in [2.05, 4.69) is 249 Å². The molecule has 2 fully saturated rings. The monoisotopic (exact) mass is 1080 g/mol. The number of aryl methyl sites for hydroxylation is 3. The number of furan rings is 1. The Hall–Kier alpha value is -9.12. The first kappa shape index (κ1) is 50.8. The summed E-state index contributed by atoms with van der Waals surface area (Å²) in [7, 11) is 0. The molecular formula is C79H68N2O2. The van der Waals surface area contributed by atoms with Gasteiger partial charge in [0.05, 0.1) is 22.7 Å². The number of benzene rings is 12. The van der Waals surface area contributed by atoms with Crippen LogP contribution in [-0.2, 0) is 0 Å². The lowest BCUT2D eigenvalue weighted by Gasteiger charge is -2.33. The van der Waals surface area contributed by atoms with Crippen molar-refractivity contribution in [1.29, 1.82) is 0 Å². The number of rotatable bonds is 11. The van der Waals surface area contributed by atoms with Gasteiger partial charge in [0, 0.05) is 44.0 Å². The number of hydrogen-bond donors (Lipinski definition) is 1. The molecule has 0 radical (unpaired) electrons. The van der Waals surface area contributed by atoms with Crippen molar-refractivity contribution in [3.05, 3.63) is 246 Å². The van der Waals surface area contributed by atoms with Crippen molar-refractivity contribution in [3.8, 4) is 39.1 Å². The minimum absolute atomic E-state index is 0.257. The van der Waals surface area contributed by atoms with Crippen molar-refractivity contribution in [2.75, 3.05) is 9.80 Å². The van der Waals surface area contributed by atoms with Gasteiger partial charge in [-0.25, -0.2) is 0 Å². The van der Waals surface area contributed by atoms with Crippen LogP contribution in [0.25, 0.3) is 87.6 Å². The lowest BCUT2D eigenvalue weighted by molar-refractivity contribution is 0.445. The number of anilines is 6. The van der Waals surface area contributed by atoms with Gasteiger partial charge in [-0.05, 0) is 185 Å². The molecule has 0 bridgehead atoms. The van der Waals surface area contributed by atoms with Gasteiger partial charge in [0.25, 0.3) is 0 Å². The topological polar surface area (TPSA) is 39.9 Å². The second-order valence-electron chi connectivity index (χ2n) is 23.9. The molecule has 0 saturated heterocycles. The molecule has 0 amide bonds. The molecule has 4 heteroatoms. The van der Waals surface area contributed by atoms with Gasteiger partial charge in [0.15, 0.2) is 5.58 Å². The molecule has 4 nitrogen and oxygen atoms in total. The summed E-state index contributed by atoms with van der Waals surface area (Å²) in [6.07, 6.45) is 12.1. The fourth-order valence-electron chi connectivity index (χ4n) is 14.8. The predicted molar refractivity (Wildman–Crippen MR) is 351 cm³/mol. The Morgan fingerprint density at radius 3 is 1.43 bits per heavy atom. The van der Waals surface area contributed by atoms with Gasteiger partial charge in [-0.15, -0.1) is 0 Å². The number of phenols is 1. The zero-order chi connectivity index (χ0) is 55.7. The second kappa shape index (κ2) is 21.0. The summed E-state index contributed by atoms with van der Waals surface area (Å²) >= 11 is 0. The Balaban J connectivity index is 1.02. The Morgan fingerprint density at radius 2 is 0.819 bits per heavy atom. The number of para-hydroxylation sites is 3. The molecule has 12 aromatic carbocycles. The van der Waals surface area contributed by atoms with Crippen molar-refractivity contribution < 1.29 is 9.52 Å². The molecule has 1 aromatic heterocycles. The Kier molecular flexibility index (Phi) is 12.9. The SMILES string of the molecule is Cc1cccc(N(c2cccc(-c3cccc(-c4ccccc4C)c3)c2O)c2cc(C3CCCCC3)c3ccc4c(N(c5cccc(C)c5)c5cccc6c5oc5c(-c7ccccc7)cccc56)cc(C5CCCCC5)c5ccc2c3c54)c1. The molecule has 83 heavy (non-hydrogen) atoms. The molecule has 0 unspecified atom stereocenters. The summed E-state index contributed by atoms with van der Waals surface area (Å²) in [5.41, 5.74) is 20.6. The fourth-order valence-corrected chi connectivity index (χ4v) is 14.8. The normalized spacial score (nSPS) is 14.4. The first-order valence-corrected chi connectivity index (χ1v) is 30.3. The molecule has 2 aliphatic rings. The van der Waals surface area contributed by atoms with Crippen LogP contribution < -0.4 is 9.80 Å². The number of fused-ring (bicyclic) bond motifs is 3. The molecule has 2 saturated carbocycles. The fraction of sp³-hybridized carbons (Fsp3) is 0.190. The molecule has 1 N–H and O–H groups in total. The highest BCUT2D eigenvalue weighted by atomic mass is 16.3. The summed E-state index contributed by atoms with van der Waals surface area (Å²) in [6.45, 7) is 6.55. The summed E-state index contributed by atoms with van der Waals surface area (Å²) < 4.78 is 7.32. The van der Waals surface area contributed by atoms with E-state index < -0.39 is 0 Å². The van der Waals surface area contributed by atoms with Gasteiger partial charge in [-0.1, -0.05) is 202 Å². The van der Waals surface area contributed by atoms with E-state index in [0.29, 0.717) is 11.8 Å². The van der Waals surface area contributed by atoms with Crippen molar-refractivity contribution in [2.24, 2.45) is 0 Å². The van der Waals surface area contributed by atoms with Crippen LogP contribution in [0.3, 0.4) is 0 Å². The minimum atomic E-state index is 0.257. The van der Waals surface area contributed by atoms with Crippen LogP contribution in [0.2, 0.25) is 0 Å². The van der Waals surface area contributed by atoms with Crippen LogP contribution in [0.15, 0.2) is 223 Å². The maximum Gasteiger partial charge on any atom is 0.159 e. The van der Waals surface area contributed by atoms with E-state index in [0.717, 1.165) is 102 Å². The van der Waals surface area contributed by atoms with E-state index in [1.165, 1.54) is 112 Å². The van der Waals surface area contributed by atoms with Crippen molar-refractivity contribution in [3.63, 3.8) is 0 Å². The third kappa shape index (κ3) is 8.81. The number of aromatic hydroxyl groups is 1. The summed E-state index contributed by atoms with van der Waals surface area (Å²) in [6, 6.07) is 80.3. The van der Waals surface area contributed by atoms with Gasteiger partial charge in [0.1, 0.15) is 11.3 Å². The highest BCUT2D eigenvalue weighted by Crippen LogP contribution is 2.55. The minimum Gasteiger partial charge on any atom is -0.505 e. The first-order valence-electron chi connectivity index (χ1n) is 30.3. The van der Waals surface area contributed by atoms with Crippen LogP contribution in [0.4, 0.5) is 34.1 Å². The van der Waals surface area contributed by atoms with Gasteiger partial charge in [-0.3, -0.25) is 0 Å². The number of nitrogens with zero attached hydrogens (tertiary/aromatic N) is 2. The van der Waals surface area contributed by atoms with Crippen LogP contribution in [0, 0.1) is 20.8 Å². The average molecular weight is 1080 g/mol. The van der Waals surface area contributed by atoms with Gasteiger partial charge >= 0.3 is 0 Å². The van der Waals surface area contributed by atoms with Gasteiger partial charge in [-0.2, -0.15) is 0 Å². The van der Waals surface area contributed by atoms with E-state index in [-0.39, 0.29) is 5.75 Å². The Labute approximate surface area is 487 Å². The maximum atomic E-state index is 13.1. The van der Waals surface area contributed by atoms with Crippen LogP contribution in [0.1, 0.15) is 104 Å². The van der Waals surface area contributed by atoms with Crippen molar-refractivity contribution >= 4 is 88.4 Å². The summed E-state index contributed by atoms with van der Waals surface area (Å²) in [5, 5.41) is 23.0. The standard InChI is InChI=1S/C79H68N2O2/c1-50-21-15-32-58(45-50)80(71-39-19-35-61(77(71)82)57-31-17-30-56(47-57)60-34-14-13-23-52(60)3)73-48-69(54-26-9-5-10-27-54)63-42-44-68-74(49-70(55-28-11-6-12-29-55)64-41-43-67(73)75(63)76(64)68)81(59-33-16-22-51(2)46-59)72-40-20-38-66-65-37-18-36-62(78(65)83-79(66)72)53-24-7-4-8-25-53/h4,7-8,13-25,30-49,54-55,82H,5-6,9-12,26-29H2,1-3H3. The largest absolute Gasteiger partial charge is 0.505 e. The van der Waals surface area contributed by atoms with E-state index in [4.69, 9.17) is 4.42 Å². The van der Waals surface area contributed by atoms with Crippen LogP contribution in [0.5, 0.6) is 5.75 Å². The Morgan fingerprint density at radius 1 is 0.349 bits per heavy atom. The molecule has 0 atom stereocenters. The van der Waals surface area contributed by atoms with Gasteiger partial charge < -0.3 is 19.3 Å². The number of phenolic OH excluding ortho intramolecular Hbond substituents is 1. The molecule has 15 rings (SSSR count). The van der Waals surface area contributed by atoms with E-state index in [1.807, 2.05) is 0 Å². The molecule has 0 spiro atoms. The Bertz CT molecular complexity index is 4590. The molecule has 2 aliphatic carbocycles. The molecular weight excluding hydrogens is 1010 g/mol. The predicted octanol–water partition coefficient (Wildman–Crippen LogP) is 23.2. The van der Waals surface area contributed by atoms with E-state index >= 15 is 0 Å². The number of hydrogen-bond acceptors (Lipinski definition) is 4. The summed E-state index contributed by atoms with van der Waals surface area (Å²) in [4.78, 5) is 4.90. The quantitative estimate of drug-likeness (QED) is 0.131. The molecule has 1 heterocycles. The molecule has 0 aliphatic heterocycles. The lowest BCUT2D eigenvalue weighted by Crippen LogP contribution is -2.15. The second-order valence-corrected chi connectivity index (χ2v) is 23.9. The van der Waals surface area contributed by atoms with Crippen molar-refractivity contribution in [2.45, 2.75) is 96.8 Å². The third-order valence-corrected chi connectivity index (χ3v) is 18.7. The zero-order valence-electron chi connectivity index (χ0n) is 47.8. The van der Waals surface area contributed by atoms with E-state index in [1.54, 1.807) is 0 Å². The highest BCUT2D eigenvalue weighted by molar-refractivity contribution is 6.30. The van der Waals surface area contributed by atoms with Crippen LogP contribution >= 0.6 is 0 Å². The first-order chi connectivity index (χ1) is 40.8. The molecule has 406 valence electrons. The average Bonchev–Trinajstić information content (AvgIpc) is 4.13. The third-order valence-electron chi connectivity index (χ3n) is 18.7. The van der Waals surface area contributed by atoms with Crippen LogP contribution in [-0.4, -0.2) is 5.11 Å². The zero-order valence-corrected chi connectivity index (χ0v) is 47.8. The lowest BCUT2D eigenvalue weighted by atomic mass is 9.77. The molecule has 13 aromatic rings. The van der Waals surface area contributed by atoms with Crippen molar-refractivity contribution in [1.82, 2.24) is 0 Å². The maximum absolute atomic E-state index is 13.1. The van der Waals surface area contributed by atoms with E-state index in [9.17, 15) is 5.11 Å².